The summed E-state index contributed by atoms with van der Waals surface area (Å²) in [5.41, 5.74) is 1.08. The largest absolute Gasteiger partial charge is 0.451 e. The predicted octanol–water partition coefficient (Wildman–Crippen LogP) is 5.39. The number of hydrogen-bond acceptors (Lipinski definition) is 5. The van der Waals surface area contributed by atoms with Crippen LogP contribution in [0.4, 0.5) is 4.39 Å². The van der Waals surface area contributed by atoms with E-state index in [4.69, 9.17) is 9.47 Å². The monoisotopic (exact) mass is 490 g/mol. The first kappa shape index (κ1) is 22.3. The molecule has 1 heterocycles. The second kappa shape index (κ2) is 10.6. The number of ether oxygens (including phenoxy) is 2. The summed E-state index contributed by atoms with van der Waals surface area (Å²) >= 11 is 4.26. The number of carbonyl (C=O) groups is 2. The Morgan fingerprint density at radius 1 is 1.00 bits per heavy atom. The molecule has 1 fully saturated rings. The van der Waals surface area contributed by atoms with E-state index >= 15 is 0 Å². The van der Waals surface area contributed by atoms with Crippen molar-refractivity contribution in [3.8, 4) is 0 Å². The van der Waals surface area contributed by atoms with Crippen LogP contribution in [0.2, 0.25) is 0 Å². The van der Waals surface area contributed by atoms with E-state index in [2.05, 4.69) is 15.9 Å². The van der Waals surface area contributed by atoms with Crippen LogP contribution >= 0.6 is 27.7 Å². The number of benzene rings is 2. The van der Waals surface area contributed by atoms with Crippen molar-refractivity contribution in [2.75, 3.05) is 0 Å². The molecule has 30 heavy (non-hydrogen) atoms. The average molecular weight is 491 g/mol. The van der Waals surface area contributed by atoms with E-state index in [0.717, 1.165) is 22.9 Å². The number of alkyl halides is 2. The lowest BCUT2D eigenvalue weighted by Gasteiger charge is -2.20. The van der Waals surface area contributed by atoms with Crippen LogP contribution < -0.4 is 0 Å². The fourth-order valence-electron chi connectivity index (χ4n) is 2.75. The second-order valence-electron chi connectivity index (χ2n) is 6.59. The van der Waals surface area contributed by atoms with Gasteiger partial charge < -0.3 is 9.47 Å². The van der Waals surface area contributed by atoms with Gasteiger partial charge in [0.15, 0.2) is 17.7 Å². The molecular weight excluding hydrogens is 471 g/mol. The topological polar surface area (TPSA) is 52.6 Å². The van der Waals surface area contributed by atoms with E-state index in [1.54, 1.807) is 19.1 Å². The molecule has 4 nitrogen and oxygen atoms in total. The summed E-state index contributed by atoms with van der Waals surface area (Å²) in [6, 6.07) is 18.5. The number of thioether (sulfide) groups is 1. The first-order valence-corrected chi connectivity index (χ1v) is 11.1. The van der Waals surface area contributed by atoms with Crippen LogP contribution in [-0.4, -0.2) is 33.8 Å². The summed E-state index contributed by atoms with van der Waals surface area (Å²) in [4.78, 5) is 24.6. The smallest absolute Gasteiger partial charge is 0.334 e. The van der Waals surface area contributed by atoms with Crippen molar-refractivity contribution in [1.82, 2.24) is 0 Å². The van der Waals surface area contributed by atoms with Gasteiger partial charge in [-0.1, -0.05) is 88.4 Å². The normalized spacial score (nSPS) is 24.0. The molecule has 1 aliphatic rings. The maximum Gasteiger partial charge on any atom is 0.334 e. The summed E-state index contributed by atoms with van der Waals surface area (Å²) in [6.07, 6.45) is 1.77. The molecule has 0 radical (unpaired) electrons. The molecule has 1 saturated heterocycles. The molecule has 0 bridgehead atoms. The summed E-state index contributed by atoms with van der Waals surface area (Å²) < 4.78 is 24.7. The molecule has 0 N–H and O–H groups in total. The van der Waals surface area contributed by atoms with Crippen LogP contribution in [0.3, 0.4) is 0 Å². The minimum atomic E-state index is -1.51. The van der Waals surface area contributed by atoms with Crippen LogP contribution in [0.5, 0.6) is 0 Å². The Kier molecular flexibility index (Phi) is 7.87. The first-order chi connectivity index (χ1) is 14.4. The van der Waals surface area contributed by atoms with Crippen LogP contribution in [0.15, 0.2) is 72.3 Å². The van der Waals surface area contributed by atoms with Gasteiger partial charge >= 0.3 is 11.9 Å². The number of esters is 2. The van der Waals surface area contributed by atoms with Gasteiger partial charge in [0.2, 0.25) is 0 Å². The number of rotatable bonds is 6. The summed E-state index contributed by atoms with van der Waals surface area (Å²) in [6.45, 7) is 1.62. The third-order valence-corrected chi connectivity index (χ3v) is 6.59. The number of hydrogen-bond donors (Lipinski definition) is 0. The predicted molar refractivity (Wildman–Crippen MR) is 121 cm³/mol. The third kappa shape index (κ3) is 6.06. The Morgan fingerprint density at radius 3 is 2.23 bits per heavy atom. The molecule has 0 unspecified atom stereocenters. The first-order valence-electron chi connectivity index (χ1n) is 9.26. The summed E-state index contributed by atoms with van der Waals surface area (Å²) in [7, 11) is 0. The van der Waals surface area contributed by atoms with Crippen LogP contribution in [0.25, 0.3) is 12.2 Å². The van der Waals surface area contributed by atoms with Crippen LogP contribution in [0, 0.1) is 0 Å². The Morgan fingerprint density at radius 2 is 1.60 bits per heavy atom. The van der Waals surface area contributed by atoms with Crippen molar-refractivity contribution >= 4 is 51.8 Å². The van der Waals surface area contributed by atoms with E-state index in [-0.39, 0.29) is 0 Å². The van der Waals surface area contributed by atoms with Gasteiger partial charge in [-0.25, -0.2) is 14.0 Å². The molecule has 7 heteroatoms. The summed E-state index contributed by atoms with van der Waals surface area (Å²) in [5, 5.41) is 0. The maximum absolute atomic E-state index is 14.6. The van der Waals surface area contributed by atoms with Crippen LogP contribution in [0.1, 0.15) is 18.1 Å². The van der Waals surface area contributed by atoms with Crippen molar-refractivity contribution in [2.24, 2.45) is 0 Å². The molecule has 1 aliphatic heterocycles. The highest BCUT2D eigenvalue weighted by Gasteiger charge is 2.48. The van der Waals surface area contributed by atoms with Crippen molar-refractivity contribution in [3.05, 3.63) is 83.4 Å². The van der Waals surface area contributed by atoms with Crippen molar-refractivity contribution in [1.29, 1.82) is 0 Å². The van der Waals surface area contributed by atoms with Gasteiger partial charge in [0, 0.05) is 11.6 Å². The molecule has 0 amide bonds. The molecule has 0 aromatic heterocycles. The Bertz CT molecular complexity index is 933. The molecule has 3 rings (SSSR count). The highest BCUT2D eigenvalue weighted by Crippen LogP contribution is 2.42. The van der Waals surface area contributed by atoms with Crippen molar-refractivity contribution < 1.29 is 23.5 Å². The van der Waals surface area contributed by atoms with Gasteiger partial charge in [0.05, 0.1) is 4.16 Å². The van der Waals surface area contributed by atoms with Gasteiger partial charge in [-0.2, -0.15) is 0 Å². The van der Waals surface area contributed by atoms with Gasteiger partial charge in [0.1, 0.15) is 0 Å². The fraction of sp³-hybridized carbons (Fsp3) is 0.217. The third-order valence-electron chi connectivity index (χ3n) is 4.29. The quantitative estimate of drug-likeness (QED) is 0.308. The van der Waals surface area contributed by atoms with E-state index in [9.17, 15) is 14.0 Å². The van der Waals surface area contributed by atoms with E-state index in [0.29, 0.717) is 5.57 Å². The van der Waals surface area contributed by atoms with Crippen molar-refractivity contribution in [2.45, 2.75) is 28.8 Å². The van der Waals surface area contributed by atoms with Gasteiger partial charge in [-0.05, 0) is 30.2 Å². The Hall–Kier alpha value is -2.38. The van der Waals surface area contributed by atoms with Gasteiger partial charge in [-0.15, -0.1) is 0 Å². The zero-order valence-electron chi connectivity index (χ0n) is 16.1. The molecule has 0 aliphatic carbocycles. The van der Waals surface area contributed by atoms with E-state index in [1.165, 1.54) is 6.08 Å². The van der Waals surface area contributed by atoms with E-state index < -0.39 is 33.8 Å². The number of carbonyl (C=O) groups excluding carboxylic acids is 2. The molecule has 156 valence electrons. The highest BCUT2D eigenvalue weighted by atomic mass is 79.9. The molecule has 4 atom stereocenters. The lowest BCUT2D eigenvalue weighted by atomic mass is 10.1. The molecular formula is C23H20BrFO4S. The average Bonchev–Trinajstić information content (AvgIpc) is 3.01. The molecule has 2 aromatic rings. The summed E-state index contributed by atoms with van der Waals surface area (Å²) in [5.74, 6) is -1.29. The Labute approximate surface area is 187 Å². The standard InChI is InChI=1S/C23H20BrFO4S/c1-15(14-17-10-6-3-7-11-17)22(27)29-23-20(19(25)21(24)30-23)28-18(26)13-12-16-8-4-2-5-9-16/h2-14,19-21,23H,1H3/t19-,20-,21-,23+/m0/s1. The van der Waals surface area contributed by atoms with Gasteiger partial charge in [0.25, 0.3) is 0 Å². The van der Waals surface area contributed by atoms with Crippen LogP contribution in [-0.2, 0) is 19.1 Å². The fourth-order valence-corrected chi connectivity index (χ4v) is 4.76. The zero-order chi connectivity index (χ0) is 21.5. The SMILES string of the molecule is CC(=Cc1ccccc1)C(=O)O[C@@H]1S[C@H](Br)[C@@H](F)[C@@H]1OC(=O)C=Cc1ccccc1. The minimum Gasteiger partial charge on any atom is -0.451 e. The molecule has 2 aromatic carbocycles. The lowest BCUT2D eigenvalue weighted by molar-refractivity contribution is -0.158. The van der Waals surface area contributed by atoms with E-state index in [1.807, 2.05) is 60.7 Å². The van der Waals surface area contributed by atoms with Crippen molar-refractivity contribution in [3.63, 3.8) is 0 Å². The highest BCUT2D eigenvalue weighted by molar-refractivity contribution is 9.11. The minimum absolute atomic E-state index is 0.365. The Balaban J connectivity index is 1.64. The zero-order valence-corrected chi connectivity index (χ0v) is 18.5. The second-order valence-corrected chi connectivity index (χ2v) is 9.43. The molecule has 0 spiro atoms. The number of halogens is 2. The molecule has 0 saturated carbocycles. The maximum atomic E-state index is 14.6. The van der Waals surface area contributed by atoms with Gasteiger partial charge in [-0.3, -0.25) is 0 Å². The lowest BCUT2D eigenvalue weighted by Crippen LogP contribution is -2.35.